The molecule has 328 valence electrons. The topological polar surface area (TPSA) is 162 Å². The summed E-state index contributed by atoms with van der Waals surface area (Å²) in [6.45, 7) is 25.4. The molecule has 0 aromatic rings. The molecule has 16 heteroatoms. The summed E-state index contributed by atoms with van der Waals surface area (Å²) in [5.41, 5.74) is 0. The summed E-state index contributed by atoms with van der Waals surface area (Å²) in [6.07, 6.45) is 14.7. The van der Waals surface area contributed by atoms with E-state index in [2.05, 4.69) is 23.5 Å². The molecule has 2 rings (SSSR count). The van der Waals surface area contributed by atoms with E-state index in [0.29, 0.717) is 102 Å². The first-order valence-corrected chi connectivity index (χ1v) is 24.9. The molecule has 2 aliphatic carbocycles. The van der Waals surface area contributed by atoms with Crippen LogP contribution in [0.3, 0.4) is 0 Å². The number of hydrogen-bond acceptors (Lipinski definition) is 13. The van der Waals surface area contributed by atoms with Gasteiger partial charge in [-0.05, 0) is 129 Å². The van der Waals surface area contributed by atoms with Gasteiger partial charge in [-0.25, -0.2) is 14.6 Å². The Hall–Kier alpha value is -2.12. The number of hydrogen-bond donors (Lipinski definition) is 2. The van der Waals surface area contributed by atoms with Crippen LogP contribution in [0.4, 0.5) is 4.79 Å². The number of amides is 1. The van der Waals surface area contributed by atoms with Gasteiger partial charge in [-0.15, -0.1) is 0 Å². The second-order valence-electron chi connectivity index (χ2n) is 13.6. The number of carbonyl (C=O) groups excluding carboxylic acids is 2. The number of nitrogens with one attached hydrogen (secondary N) is 1. The summed E-state index contributed by atoms with van der Waals surface area (Å²) < 4.78 is 50.2. The molecule has 0 radical (unpaired) electrons. The number of rotatable bonds is 29. The number of aliphatic hydroxyl groups is 1. The third kappa shape index (κ3) is 26.0. The number of carbonyl (C=O) groups is 1. The molecule has 0 spiro atoms. The third-order valence-corrected chi connectivity index (χ3v) is 15.8. The van der Waals surface area contributed by atoms with Crippen LogP contribution in [0.5, 0.6) is 0 Å². The highest BCUT2D eigenvalue weighted by atomic mass is 28.4. The minimum absolute atomic E-state index is 0.353. The summed E-state index contributed by atoms with van der Waals surface area (Å²) in [5.74, 6) is 2.27. The molecule has 1 amide bonds. The molecule has 56 heavy (non-hydrogen) atoms. The van der Waals surface area contributed by atoms with Crippen LogP contribution in [0.15, 0.2) is 30.7 Å². The summed E-state index contributed by atoms with van der Waals surface area (Å²) in [5, 5.41) is 11.7. The number of isocyanates is 1. The van der Waals surface area contributed by atoms with Crippen molar-refractivity contribution in [2.24, 2.45) is 28.7 Å². The minimum atomic E-state index is -2.64. The zero-order valence-electron chi connectivity index (χ0n) is 35.7. The maximum Gasteiger partial charge on any atom is 0.500 e. The molecule has 14 nitrogen and oxygen atoms in total. The first-order chi connectivity index (χ1) is 27.2. The summed E-state index contributed by atoms with van der Waals surface area (Å²) in [7, 11) is -5.17. The Morgan fingerprint density at radius 1 is 0.661 bits per heavy atom. The van der Waals surface area contributed by atoms with Crippen LogP contribution in [0.25, 0.3) is 0 Å². The summed E-state index contributed by atoms with van der Waals surface area (Å²) in [4.78, 5) is 25.4. The van der Waals surface area contributed by atoms with Gasteiger partial charge in [-0.2, -0.15) is 0 Å². The van der Waals surface area contributed by atoms with Gasteiger partial charge in [0.05, 0.1) is 38.9 Å². The van der Waals surface area contributed by atoms with Crippen molar-refractivity contribution >= 4 is 29.8 Å². The van der Waals surface area contributed by atoms with Gasteiger partial charge in [0.25, 0.3) is 0 Å². The van der Waals surface area contributed by atoms with Crippen LogP contribution in [-0.4, -0.2) is 114 Å². The summed E-state index contributed by atoms with van der Waals surface area (Å²) >= 11 is 0. The Morgan fingerprint density at radius 3 is 1.39 bits per heavy atom. The largest absolute Gasteiger partial charge is 0.502 e. The maximum atomic E-state index is 11.9. The monoisotopic (exact) mass is 835 g/mol. The van der Waals surface area contributed by atoms with Gasteiger partial charge in [0.15, 0.2) is 0 Å². The number of ether oxygens (including phenoxy) is 3. The van der Waals surface area contributed by atoms with Crippen LogP contribution in [0.2, 0.25) is 12.1 Å². The molecular weight excluding hydrogens is 757 g/mol. The molecule has 2 fully saturated rings. The van der Waals surface area contributed by atoms with E-state index in [1.54, 1.807) is 0 Å². The lowest BCUT2D eigenvalue weighted by atomic mass is 9.83. The zero-order chi connectivity index (χ0) is 41.8. The van der Waals surface area contributed by atoms with E-state index < -0.39 is 17.6 Å². The van der Waals surface area contributed by atoms with Crippen LogP contribution >= 0.6 is 0 Å². The van der Waals surface area contributed by atoms with Crippen molar-refractivity contribution < 1.29 is 55.5 Å². The Balaban J connectivity index is 0.000000906. The van der Waals surface area contributed by atoms with E-state index in [0.717, 1.165) is 64.6 Å². The van der Waals surface area contributed by atoms with Crippen LogP contribution in [0, 0.1) is 23.7 Å². The van der Waals surface area contributed by atoms with Crippen molar-refractivity contribution in [3.05, 3.63) is 25.7 Å². The molecule has 0 aliphatic heterocycles. The normalized spacial score (nSPS) is 19.5. The van der Waals surface area contributed by atoms with Crippen LogP contribution in [0.1, 0.15) is 106 Å². The van der Waals surface area contributed by atoms with Crippen molar-refractivity contribution in [1.29, 1.82) is 0 Å². The fraction of sp³-hybridized carbons (Fsp3) is 0.850. The van der Waals surface area contributed by atoms with E-state index in [4.69, 9.17) is 45.9 Å². The van der Waals surface area contributed by atoms with Gasteiger partial charge < -0.3 is 51.2 Å². The van der Waals surface area contributed by atoms with Gasteiger partial charge in [0.2, 0.25) is 6.08 Å². The Kier molecular flexibility index (Phi) is 34.6. The molecule has 2 saturated carbocycles. The number of aliphatic imine (C=N–C) groups is 1. The second kappa shape index (κ2) is 36.0. The lowest BCUT2D eigenvalue weighted by molar-refractivity contribution is 0.0699. The predicted molar refractivity (Wildman–Crippen MR) is 223 cm³/mol. The molecule has 0 aromatic carbocycles. The van der Waals surface area contributed by atoms with Gasteiger partial charge >= 0.3 is 23.7 Å². The van der Waals surface area contributed by atoms with Gasteiger partial charge in [-0.3, -0.25) is 0 Å². The van der Waals surface area contributed by atoms with Crippen molar-refractivity contribution in [2.75, 3.05) is 79.2 Å². The highest BCUT2D eigenvalue weighted by Gasteiger charge is 2.40. The van der Waals surface area contributed by atoms with E-state index in [-0.39, 0.29) is 6.09 Å². The standard InChI is InChI=1S/C20H39NO6Si.C10H21NO4Si.C10H18O2/c1-5-23-16-18-10-12-19(13-11-18)17-24-20(22)21-14-9-15-28(25-6-2,26-7-3)27-8-4;1-4-13-16(14-5-2,15-6-3)9-7-8-11-10-12;1-2-12-8-10-5-3-9(7-11)4-6-10/h5,18-19H,1,6-17H2,2-4H3,(H,21,22);4-9H2,1-3H3;2,9-11H,1,3-8H2. The average Bonchev–Trinajstić information content (AvgIpc) is 3.20. The molecule has 0 atom stereocenters. The minimum Gasteiger partial charge on any atom is -0.502 e. The molecular formula is C40H78N2O12Si2. The zero-order valence-corrected chi connectivity index (χ0v) is 37.7. The van der Waals surface area contributed by atoms with Crippen molar-refractivity contribution in [3.63, 3.8) is 0 Å². The van der Waals surface area contributed by atoms with Crippen molar-refractivity contribution in [2.45, 2.75) is 118 Å². The quantitative estimate of drug-likeness (QED) is 0.0248. The SMILES string of the molecule is C=COCC1CCC(CO)CC1.C=COCC1CCC(COC(=O)NCCC[Si](OCC)(OCC)OCC)CC1.CCO[Si](CCCN=C=O)(OCC)OCC. The molecule has 2 aliphatic rings. The Labute approximate surface area is 341 Å². The van der Waals surface area contributed by atoms with E-state index in [1.807, 2.05) is 41.5 Å². The van der Waals surface area contributed by atoms with E-state index >= 15 is 0 Å². The molecule has 0 saturated heterocycles. The van der Waals surface area contributed by atoms with Gasteiger partial charge in [0, 0.05) is 64.9 Å². The first kappa shape index (κ1) is 53.9. The van der Waals surface area contributed by atoms with Gasteiger partial charge in [0.1, 0.15) is 0 Å². The van der Waals surface area contributed by atoms with Crippen LogP contribution < -0.4 is 5.32 Å². The fourth-order valence-corrected chi connectivity index (χ4v) is 11.9. The predicted octanol–water partition coefficient (Wildman–Crippen LogP) is 7.82. The first-order valence-electron chi connectivity index (χ1n) is 21.0. The fourth-order valence-electron chi connectivity index (χ4n) is 6.72. The Bertz CT molecular complexity index is 974. The molecule has 0 heterocycles. The molecule has 2 N–H and O–H groups in total. The smallest absolute Gasteiger partial charge is 0.500 e. The lowest BCUT2D eigenvalue weighted by Crippen LogP contribution is -2.46. The molecule has 0 aromatic heterocycles. The number of alkyl carbamates (subject to hydrolysis) is 1. The van der Waals surface area contributed by atoms with E-state index in [1.165, 1.54) is 31.4 Å². The molecule has 0 bridgehead atoms. The Morgan fingerprint density at radius 2 is 1.04 bits per heavy atom. The van der Waals surface area contributed by atoms with Crippen LogP contribution in [-0.2, 0) is 45.6 Å². The maximum absolute atomic E-state index is 11.9. The highest BCUT2D eigenvalue weighted by molar-refractivity contribution is 6.61. The lowest BCUT2D eigenvalue weighted by Gasteiger charge is -2.28. The summed E-state index contributed by atoms with van der Waals surface area (Å²) in [6, 6.07) is 1.37. The highest BCUT2D eigenvalue weighted by Crippen LogP contribution is 2.30. The van der Waals surface area contributed by atoms with Gasteiger partial charge in [-0.1, -0.05) is 13.2 Å². The van der Waals surface area contributed by atoms with E-state index in [9.17, 15) is 9.59 Å². The second-order valence-corrected chi connectivity index (χ2v) is 19.1. The number of aliphatic hydroxyl groups excluding tert-OH is 1. The third-order valence-electron chi connectivity index (χ3n) is 9.47. The number of nitrogens with zero attached hydrogens (tertiary/aromatic N) is 1. The van der Waals surface area contributed by atoms with Crippen molar-refractivity contribution in [3.8, 4) is 0 Å². The molecule has 0 unspecified atom stereocenters. The van der Waals surface area contributed by atoms with Crippen molar-refractivity contribution in [1.82, 2.24) is 5.32 Å². The average molecular weight is 835 g/mol.